The lowest BCUT2D eigenvalue weighted by Crippen LogP contribution is -2.05. The van der Waals surface area contributed by atoms with Crippen LogP contribution in [0.2, 0.25) is 0 Å². The van der Waals surface area contributed by atoms with Crippen molar-refractivity contribution in [3.8, 4) is 16.3 Å². The summed E-state index contributed by atoms with van der Waals surface area (Å²) in [6.07, 6.45) is 0.216. The zero-order valence-electron chi connectivity index (χ0n) is 9.73. The molecule has 84 valence electrons. The maximum absolute atomic E-state index is 5.59. The van der Waals surface area contributed by atoms with Gasteiger partial charge in [0.2, 0.25) is 0 Å². The summed E-state index contributed by atoms with van der Waals surface area (Å²) in [5.41, 5.74) is 2.22. The van der Waals surface area contributed by atoms with Crippen LogP contribution in [0.3, 0.4) is 0 Å². The Bertz CT molecular complexity index is 459. The van der Waals surface area contributed by atoms with Crippen LogP contribution in [0.25, 0.3) is 10.6 Å². The third-order valence-corrected chi connectivity index (χ3v) is 3.10. The quantitative estimate of drug-likeness (QED) is 0.802. The number of nitrogens with zero attached hydrogens (tertiary/aromatic N) is 1. The molecule has 0 radical (unpaired) electrons. The van der Waals surface area contributed by atoms with Crippen molar-refractivity contribution >= 4 is 11.3 Å². The predicted molar refractivity (Wildman–Crippen MR) is 68.1 cm³/mol. The number of ether oxygens (including phenoxy) is 1. The maximum atomic E-state index is 5.59. The van der Waals surface area contributed by atoms with Crippen molar-refractivity contribution in [2.75, 3.05) is 0 Å². The fourth-order valence-electron chi connectivity index (χ4n) is 1.43. The van der Waals surface area contributed by atoms with E-state index in [-0.39, 0.29) is 6.10 Å². The average Bonchev–Trinajstić information content (AvgIpc) is 2.65. The van der Waals surface area contributed by atoms with Crippen LogP contribution in [-0.4, -0.2) is 11.1 Å². The van der Waals surface area contributed by atoms with E-state index >= 15 is 0 Å². The van der Waals surface area contributed by atoms with Gasteiger partial charge in [-0.15, -0.1) is 11.3 Å². The van der Waals surface area contributed by atoms with Crippen molar-refractivity contribution in [2.45, 2.75) is 26.9 Å². The van der Waals surface area contributed by atoms with Gasteiger partial charge in [-0.1, -0.05) is 0 Å². The van der Waals surface area contributed by atoms with Gasteiger partial charge in [0.05, 0.1) is 6.10 Å². The molecule has 3 heteroatoms. The zero-order valence-corrected chi connectivity index (χ0v) is 10.5. The van der Waals surface area contributed by atoms with Crippen LogP contribution in [0.15, 0.2) is 29.6 Å². The molecule has 0 bridgehead atoms. The van der Waals surface area contributed by atoms with Gasteiger partial charge in [-0.05, 0) is 45.0 Å². The maximum Gasteiger partial charge on any atom is 0.123 e. The second-order valence-corrected chi connectivity index (χ2v) is 4.84. The molecule has 0 spiro atoms. The first-order valence-corrected chi connectivity index (χ1v) is 6.22. The molecule has 0 fully saturated rings. The summed E-state index contributed by atoms with van der Waals surface area (Å²) in [5.74, 6) is 0.909. The highest BCUT2D eigenvalue weighted by Gasteiger charge is 2.03. The second kappa shape index (κ2) is 4.66. The molecule has 0 saturated carbocycles. The highest BCUT2D eigenvalue weighted by Crippen LogP contribution is 2.25. The molecule has 0 saturated heterocycles. The minimum absolute atomic E-state index is 0.216. The van der Waals surface area contributed by atoms with E-state index in [2.05, 4.69) is 22.5 Å². The summed E-state index contributed by atoms with van der Waals surface area (Å²) < 4.78 is 5.59. The largest absolute Gasteiger partial charge is 0.491 e. The molecule has 2 aromatic rings. The van der Waals surface area contributed by atoms with Crippen LogP contribution in [0, 0.1) is 6.92 Å². The SMILES string of the molecule is Cc1csc(-c2ccc(OC(C)C)cc2)n1. The predicted octanol–water partition coefficient (Wildman–Crippen LogP) is 3.91. The van der Waals surface area contributed by atoms with Gasteiger partial charge in [0.25, 0.3) is 0 Å². The van der Waals surface area contributed by atoms with Crippen molar-refractivity contribution < 1.29 is 4.74 Å². The van der Waals surface area contributed by atoms with Gasteiger partial charge in [0.15, 0.2) is 0 Å². The van der Waals surface area contributed by atoms with Crippen LogP contribution in [0.4, 0.5) is 0 Å². The standard InChI is InChI=1S/C13H15NOS/c1-9(2)15-12-6-4-11(5-7-12)13-14-10(3)8-16-13/h4-9H,1-3H3. The normalized spacial score (nSPS) is 10.8. The smallest absolute Gasteiger partial charge is 0.123 e. The number of hydrogen-bond acceptors (Lipinski definition) is 3. The van der Waals surface area contributed by atoms with Crippen molar-refractivity contribution in [3.63, 3.8) is 0 Å². The van der Waals surface area contributed by atoms with E-state index in [1.54, 1.807) is 11.3 Å². The molecular weight excluding hydrogens is 218 g/mol. The Balaban J connectivity index is 2.19. The fraction of sp³-hybridized carbons (Fsp3) is 0.308. The molecule has 1 aromatic carbocycles. The van der Waals surface area contributed by atoms with Gasteiger partial charge in [-0.25, -0.2) is 4.98 Å². The Kier molecular flexibility index (Phi) is 3.25. The number of benzene rings is 1. The molecule has 0 unspecified atom stereocenters. The van der Waals surface area contributed by atoms with Crippen molar-refractivity contribution in [1.82, 2.24) is 4.98 Å². The lowest BCUT2D eigenvalue weighted by molar-refractivity contribution is 0.242. The molecule has 2 nitrogen and oxygen atoms in total. The van der Waals surface area contributed by atoms with Crippen LogP contribution >= 0.6 is 11.3 Å². The summed E-state index contributed by atoms with van der Waals surface area (Å²) in [6, 6.07) is 8.09. The number of hydrogen-bond donors (Lipinski definition) is 0. The Labute approximate surface area is 99.9 Å². The lowest BCUT2D eigenvalue weighted by atomic mass is 10.2. The van der Waals surface area contributed by atoms with Gasteiger partial charge >= 0.3 is 0 Å². The van der Waals surface area contributed by atoms with Gasteiger partial charge in [0.1, 0.15) is 10.8 Å². The Morgan fingerprint density at radius 3 is 2.38 bits per heavy atom. The molecule has 0 amide bonds. The van der Waals surface area contributed by atoms with Crippen LogP contribution in [-0.2, 0) is 0 Å². The molecular formula is C13H15NOS. The molecule has 1 heterocycles. The van der Waals surface area contributed by atoms with E-state index in [0.29, 0.717) is 0 Å². The monoisotopic (exact) mass is 233 g/mol. The number of thiazole rings is 1. The molecule has 2 rings (SSSR count). The Morgan fingerprint density at radius 1 is 1.19 bits per heavy atom. The first-order valence-electron chi connectivity index (χ1n) is 5.34. The van der Waals surface area contributed by atoms with Crippen molar-refractivity contribution in [1.29, 1.82) is 0 Å². The lowest BCUT2D eigenvalue weighted by Gasteiger charge is -2.09. The molecule has 0 aliphatic carbocycles. The highest BCUT2D eigenvalue weighted by molar-refractivity contribution is 7.13. The third kappa shape index (κ3) is 2.61. The highest BCUT2D eigenvalue weighted by atomic mass is 32.1. The van der Waals surface area contributed by atoms with Gasteiger partial charge in [0, 0.05) is 16.6 Å². The summed E-state index contributed by atoms with van der Waals surface area (Å²) >= 11 is 1.67. The number of aromatic nitrogens is 1. The van der Waals surface area contributed by atoms with Crippen LogP contribution in [0.1, 0.15) is 19.5 Å². The Hall–Kier alpha value is -1.35. The van der Waals surface area contributed by atoms with Gasteiger partial charge < -0.3 is 4.74 Å². The first kappa shape index (κ1) is 11.1. The van der Waals surface area contributed by atoms with Gasteiger partial charge in [-0.2, -0.15) is 0 Å². The van der Waals surface area contributed by atoms with E-state index in [4.69, 9.17) is 4.74 Å². The van der Waals surface area contributed by atoms with E-state index in [0.717, 1.165) is 22.0 Å². The molecule has 0 atom stereocenters. The Morgan fingerprint density at radius 2 is 1.88 bits per heavy atom. The molecule has 1 aromatic heterocycles. The van der Waals surface area contributed by atoms with E-state index in [1.165, 1.54) is 0 Å². The minimum atomic E-state index is 0.216. The first-order chi connectivity index (χ1) is 7.65. The number of rotatable bonds is 3. The van der Waals surface area contributed by atoms with Crippen molar-refractivity contribution in [2.24, 2.45) is 0 Å². The molecule has 0 aliphatic rings. The van der Waals surface area contributed by atoms with Crippen LogP contribution < -0.4 is 4.74 Å². The van der Waals surface area contributed by atoms with E-state index in [9.17, 15) is 0 Å². The van der Waals surface area contributed by atoms with Crippen molar-refractivity contribution in [3.05, 3.63) is 35.3 Å². The molecule has 0 N–H and O–H groups in total. The second-order valence-electron chi connectivity index (χ2n) is 3.99. The van der Waals surface area contributed by atoms with E-state index in [1.807, 2.05) is 32.9 Å². The molecule has 0 aliphatic heterocycles. The topological polar surface area (TPSA) is 22.1 Å². The molecule has 16 heavy (non-hydrogen) atoms. The number of aryl methyl sites for hydroxylation is 1. The fourth-order valence-corrected chi connectivity index (χ4v) is 2.24. The average molecular weight is 233 g/mol. The minimum Gasteiger partial charge on any atom is -0.491 e. The third-order valence-electron chi connectivity index (χ3n) is 2.09. The zero-order chi connectivity index (χ0) is 11.5. The summed E-state index contributed by atoms with van der Waals surface area (Å²) in [5, 5.41) is 3.13. The van der Waals surface area contributed by atoms with Crippen LogP contribution in [0.5, 0.6) is 5.75 Å². The summed E-state index contributed by atoms with van der Waals surface area (Å²) in [4.78, 5) is 4.45. The van der Waals surface area contributed by atoms with Gasteiger partial charge in [-0.3, -0.25) is 0 Å². The summed E-state index contributed by atoms with van der Waals surface area (Å²) in [7, 11) is 0. The van der Waals surface area contributed by atoms with E-state index < -0.39 is 0 Å². The summed E-state index contributed by atoms with van der Waals surface area (Å²) in [6.45, 7) is 6.06.